The quantitative estimate of drug-likeness (QED) is 0.685. The van der Waals surface area contributed by atoms with Crippen LogP contribution in [0.3, 0.4) is 0 Å². The first kappa shape index (κ1) is 17.8. The molecule has 0 aromatic heterocycles. The number of nitrogens with one attached hydrogen (secondary N) is 2. The fourth-order valence-electron chi connectivity index (χ4n) is 2.50. The fourth-order valence-corrected chi connectivity index (χ4v) is 2.50. The van der Waals surface area contributed by atoms with Gasteiger partial charge in [-0.05, 0) is 45.2 Å². The van der Waals surface area contributed by atoms with E-state index in [9.17, 15) is 9.81 Å². The van der Waals surface area contributed by atoms with Gasteiger partial charge in [0, 0.05) is 28.8 Å². The van der Waals surface area contributed by atoms with Crippen molar-refractivity contribution in [2.24, 2.45) is 10.4 Å². The summed E-state index contributed by atoms with van der Waals surface area (Å²) in [5.74, 6) is 0. The Kier molecular flexibility index (Phi) is 5.84. The second-order valence-electron chi connectivity index (χ2n) is 6.27. The normalized spacial score (nSPS) is 16.0. The lowest BCUT2D eigenvalue weighted by Gasteiger charge is -2.22. The lowest BCUT2D eigenvalue weighted by molar-refractivity contribution is 0.635. The minimum Gasteiger partial charge on any atom is -0.380 e. The first-order chi connectivity index (χ1) is 11.5. The molecule has 0 aliphatic carbocycles. The molecule has 0 bridgehead atoms. The van der Waals surface area contributed by atoms with E-state index in [-0.39, 0.29) is 24.2 Å². The molecule has 0 fully saturated rings. The van der Waals surface area contributed by atoms with E-state index >= 15 is 0 Å². The van der Waals surface area contributed by atoms with Gasteiger partial charge in [0.1, 0.15) is 12.1 Å². The third-order valence-corrected chi connectivity index (χ3v) is 4.45. The molecule has 0 heterocycles. The zero-order valence-corrected chi connectivity index (χ0v) is 14.5. The van der Waals surface area contributed by atoms with Gasteiger partial charge in [-0.1, -0.05) is 34.6 Å². The molecule has 128 valence electrons. The average molecular weight is 328 g/mol. The highest BCUT2D eigenvalue weighted by atomic mass is 16.3. The Morgan fingerprint density at radius 2 is 1.17 bits per heavy atom. The minimum absolute atomic E-state index is 0.0888. The predicted octanol–water partition coefficient (Wildman–Crippen LogP) is 4.75. The van der Waals surface area contributed by atoms with Gasteiger partial charge in [-0.25, -0.2) is 0 Å². The second-order valence-corrected chi connectivity index (χ2v) is 6.27. The third-order valence-electron chi connectivity index (χ3n) is 4.45. The number of nitroso groups, excluding NO2 is 2. The molecule has 4 unspecified atom stereocenters. The molecule has 0 saturated heterocycles. The third kappa shape index (κ3) is 3.88. The maximum atomic E-state index is 10.8. The van der Waals surface area contributed by atoms with Gasteiger partial charge >= 0.3 is 0 Å². The number of hydrogen-bond acceptors (Lipinski definition) is 6. The Morgan fingerprint density at radius 3 is 1.54 bits per heavy atom. The zero-order valence-electron chi connectivity index (χ0n) is 14.5. The number of fused-ring (bicyclic) bond motifs is 1. The maximum Gasteiger partial charge on any atom is 0.109 e. The first-order valence-corrected chi connectivity index (χ1v) is 8.17. The highest BCUT2D eigenvalue weighted by Crippen LogP contribution is 2.32. The summed E-state index contributed by atoms with van der Waals surface area (Å²) in [6.07, 6.45) is 0. The van der Waals surface area contributed by atoms with Crippen molar-refractivity contribution in [3.8, 4) is 0 Å². The lowest BCUT2D eigenvalue weighted by atomic mass is 10.0. The van der Waals surface area contributed by atoms with Crippen molar-refractivity contribution < 1.29 is 0 Å². The Labute approximate surface area is 142 Å². The Bertz CT molecular complexity index is 662. The Hall–Kier alpha value is -2.50. The summed E-state index contributed by atoms with van der Waals surface area (Å²) in [4.78, 5) is 21.6. The Balaban J connectivity index is 2.42. The fraction of sp³-hybridized carbons (Fsp3) is 0.444. The van der Waals surface area contributed by atoms with E-state index in [2.05, 4.69) is 21.0 Å². The van der Waals surface area contributed by atoms with Crippen molar-refractivity contribution in [1.29, 1.82) is 0 Å². The summed E-state index contributed by atoms with van der Waals surface area (Å²) in [6.45, 7) is 7.44. The summed E-state index contributed by atoms with van der Waals surface area (Å²) in [6, 6.07) is 11.1. The molecule has 2 aromatic carbocycles. The van der Waals surface area contributed by atoms with E-state index in [1.54, 1.807) is 13.8 Å². The predicted molar refractivity (Wildman–Crippen MR) is 101 cm³/mol. The van der Waals surface area contributed by atoms with Crippen molar-refractivity contribution in [2.75, 3.05) is 10.6 Å². The Morgan fingerprint density at radius 1 is 0.750 bits per heavy atom. The van der Waals surface area contributed by atoms with E-state index in [0.29, 0.717) is 0 Å². The molecule has 6 nitrogen and oxygen atoms in total. The van der Waals surface area contributed by atoms with Crippen molar-refractivity contribution in [1.82, 2.24) is 0 Å². The molecule has 4 atom stereocenters. The van der Waals surface area contributed by atoms with Crippen LogP contribution in [-0.2, 0) is 0 Å². The summed E-state index contributed by atoms with van der Waals surface area (Å²) in [5, 5.41) is 15.0. The van der Waals surface area contributed by atoms with Crippen molar-refractivity contribution in [2.45, 2.75) is 51.9 Å². The molecule has 2 N–H and O–H groups in total. The highest BCUT2D eigenvalue weighted by Gasteiger charge is 2.17. The number of nitrogens with zero attached hydrogens (tertiary/aromatic N) is 2. The van der Waals surface area contributed by atoms with Crippen LogP contribution in [0, 0.1) is 9.81 Å². The molecule has 0 spiro atoms. The van der Waals surface area contributed by atoms with Crippen LogP contribution in [0.5, 0.6) is 0 Å². The molecule has 2 rings (SSSR count). The lowest BCUT2D eigenvalue weighted by Crippen LogP contribution is -2.27. The number of rotatable bonds is 8. The molecular formula is C18H24N4O2. The maximum absolute atomic E-state index is 10.8. The van der Waals surface area contributed by atoms with Crippen LogP contribution in [0.2, 0.25) is 0 Å². The van der Waals surface area contributed by atoms with Crippen LogP contribution < -0.4 is 10.6 Å². The van der Waals surface area contributed by atoms with E-state index in [0.717, 1.165) is 22.1 Å². The van der Waals surface area contributed by atoms with E-state index in [1.807, 2.05) is 50.2 Å². The van der Waals surface area contributed by atoms with E-state index < -0.39 is 0 Å². The molecular weight excluding hydrogens is 304 g/mol. The highest BCUT2D eigenvalue weighted by molar-refractivity contribution is 6.03. The summed E-state index contributed by atoms with van der Waals surface area (Å²) < 4.78 is 0. The van der Waals surface area contributed by atoms with Gasteiger partial charge in [0.25, 0.3) is 0 Å². The van der Waals surface area contributed by atoms with Crippen molar-refractivity contribution >= 4 is 22.1 Å². The van der Waals surface area contributed by atoms with Gasteiger partial charge in [0.15, 0.2) is 0 Å². The van der Waals surface area contributed by atoms with Gasteiger partial charge in [-0.15, -0.1) is 0 Å². The second kappa shape index (κ2) is 7.86. The van der Waals surface area contributed by atoms with Gasteiger partial charge in [0.05, 0.1) is 0 Å². The van der Waals surface area contributed by atoms with Crippen molar-refractivity contribution in [3.63, 3.8) is 0 Å². The van der Waals surface area contributed by atoms with Crippen LogP contribution in [0.25, 0.3) is 10.8 Å². The van der Waals surface area contributed by atoms with Crippen LogP contribution in [0.15, 0.2) is 46.8 Å². The van der Waals surface area contributed by atoms with Crippen molar-refractivity contribution in [3.05, 3.63) is 46.2 Å². The van der Waals surface area contributed by atoms with Gasteiger partial charge in [-0.3, -0.25) is 0 Å². The zero-order chi connectivity index (χ0) is 17.7. The molecule has 0 aliphatic heterocycles. The SMILES string of the molecule is CC(N=O)C(C)Nc1cccc2cccc(NC(C)C(C)N=O)c12. The van der Waals surface area contributed by atoms with Crippen LogP contribution >= 0.6 is 0 Å². The first-order valence-electron chi connectivity index (χ1n) is 8.17. The summed E-state index contributed by atoms with van der Waals surface area (Å²) in [5.41, 5.74) is 1.86. The molecule has 0 radical (unpaired) electrons. The van der Waals surface area contributed by atoms with E-state index in [4.69, 9.17) is 0 Å². The van der Waals surface area contributed by atoms with Gasteiger partial charge in [0.2, 0.25) is 0 Å². The molecule has 2 aromatic rings. The standard InChI is InChI=1S/C18H24N4O2/c1-11(13(3)21-23)19-16-9-5-7-15-8-6-10-17(18(15)16)20-12(2)14(4)22-24/h5-14,19-20H,1-4H3. The molecule has 0 aliphatic rings. The average Bonchev–Trinajstić information content (AvgIpc) is 2.60. The van der Waals surface area contributed by atoms with Crippen LogP contribution in [0.4, 0.5) is 11.4 Å². The molecule has 24 heavy (non-hydrogen) atoms. The van der Waals surface area contributed by atoms with Gasteiger partial charge < -0.3 is 10.6 Å². The number of benzene rings is 2. The molecule has 0 amide bonds. The van der Waals surface area contributed by atoms with Gasteiger partial charge in [-0.2, -0.15) is 9.81 Å². The smallest absolute Gasteiger partial charge is 0.109 e. The molecule has 0 saturated carbocycles. The summed E-state index contributed by atoms with van der Waals surface area (Å²) in [7, 11) is 0. The summed E-state index contributed by atoms with van der Waals surface area (Å²) >= 11 is 0. The van der Waals surface area contributed by atoms with Crippen LogP contribution in [-0.4, -0.2) is 24.2 Å². The van der Waals surface area contributed by atoms with E-state index in [1.165, 1.54) is 0 Å². The van der Waals surface area contributed by atoms with Crippen LogP contribution in [0.1, 0.15) is 27.7 Å². The molecule has 6 heteroatoms. The largest absolute Gasteiger partial charge is 0.380 e. The topological polar surface area (TPSA) is 82.9 Å². The number of hydrogen-bond donors (Lipinski definition) is 2. The monoisotopic (exact) mass is 328 g/mol. The number of anilines is 2. The minimum atomic E-state index is -0.335.